The van der Waals surface area contributed by atoms with Crippen molar-refractivity contribution < 1.29 is 31.5 Å². The lowest BCUT2D eigenvalue weighted by Crippen LogP contribution is -2.41. The SMILES string of the molecule is CC(=O)CNC[C@H]1CN(c2cc(F)c(N3CCS(=O)(=O)CC3)c(F)c2)C(=O)O1. The predicted molar refractivity (Wildman–Crippen MR) is 98.4 cm³/mol. The van der Waals surface area contributed by atoms with Gasteiger partial charge in [-0.15, -0.1) is 0 Å². The quantitative estimate of drug-likeness (QED) is 0.728. The van der Waals surface area contributed by atoms with Gasteiger partial charge < -0.3 is 15.0 Å². The van der Waals surface area contributed by atoms with Gasteiger partial charge >= 0.3 is 6.09 Å². The summed E-state index contributed by atoms with van der Waals surface area (Å²) in [6, 6.07) is 2.07. The van der Waals surface area contributed by atoms with Crippen LogP contribution in [0.2, 0.25) is 0 Å². The Morgan fingerprint density at radius 1 is 1.25 bits per heavy atom. The second-order valence-corrected chi connectivity index (χ2v) is 9.15. The number of cyclic esters (lactones) is 1. The molecular formula is C17H21F2N3O5S. The average molecular weight is 417 g/mol. The van der Waals surface area contributed by atoms with Crippen LogP contribution in [0.25, 0.3) is 0 Å². The number of nitrogens with zero attached hydrogens (tertiary/aromatic N) is 2. The maximum atomic E-state index is 14.6. The number of nitrogens with one attached hydrogen (secondary N) is 1. The molecule has 11 heteroatoms. The summed E-state index contributed by atoms with van der Waals surface area (Å²) in [7, 11) is -3.18. The normalized spacial score (nSPS) is 21.7. The third kappa shape index (κ3) is 4.58. The minimum atomic E-state index is -3.18. The van der Waals surface area contributed by atoms with Gasteiger partial charge in [0, 0.05) is 31.8 Å². The monoisotopic (exact) mass is 417 g/mol. The zero-order valence-electron chi connectivity index (χ0n) is 15.3. The molecule has 2 fully saturated rings. The van der Waals surface area contributed by atoms with Crippen LogP contribution in [0.15, 0.2) is 12.1 Å². The van der Waals surface area contributed by atoms with E-state index < -0.39 is 33.7 Å². The van der Waals surface area contributed by atoms with Crippen LogP contribution in [0.5, 0.6) is 0 Å². The smallest absolute Gasteiger partial charge is 0.414 e. The largest absolute Gasteiger partial charge is 0.443 e. The molecule has 154 valence electrons. The number of benzene rings is 1. The van der Waals surface area contributed by atoms with E-state index in [1.54, 1.807) is 0 Å². The lowest BCUT2D eigenvalue weighted by Gasteiger charge is -2.29. The first kappa shape index (κ1) is 20.5. The van der Waals surface area contributed by atoms with Crippen LogP contribution in [-0.4, -0.2) is 70.6 Å². The molecule has 1 amide bonds. The van der Waals surface area contributed by atoms with Gasteiger partial charge in [0.2, 0.25) is 0 Å². The highest BCUT2D eigenvalue weighted by Crippen LogP contribution is 2.31. The topological polar surface area (TPSA) is 96.0 Å². The number of anilines is 2. The molecule has 1 atom stereocenters. The molecule has 2 heterocycles. The molecular weight excluding hydrogens is 396 g/mol. The van der Waals surface area contributed by atoms with E-state index in [1.165, 1.54) is 11.8 Å². The number of hydrogen-bond acceptors (Lipinski definition) is 7. The fourth-order valence-corrected chi connectivity index (χ4v) is 4.40. The standard InChI is InChI=1S/C17H21F2N3O5S/c1-11(23)8-20-9-13-10-22(17(24)27-13)12-6-14(18)16(15(19)7-12)21-2-4-28(25,26)5-3-21/h6-7,13,20H,2-5,8-10H2,1H3/t13-/m0/s1. The van der Waals surface area contributed by atoms with Gasteiger partial charge in [-0.25, -0.2) is 22.0 Å². The van der Waals surface area contributed by atoms with E-state index in [9.17, 15) is 26.8 Å². The van der Waals surface area contributed by atoms with E-state index in [0.29, 0.717) is 0 Å². The molecule has 0 spiro atoms. The number of amides is 1. The first-order valence-electron chi connectivity index (χ1n) is 8.79. The van der Waals surface area contributed by atoms with Crippen LogP contribution in [0.4, 0.5) is 25.0 Å². The van der Waals surface area contributed by atoms with Gasteiger partial charge in [0.05, 0.1) is 30.3 Å². The number of halogens is 2. The third-order valence-corrected chi connectivity index (χ3v) is 6.20. The van der Waals surface area contributed by atoms with Gasteiger partial charge in [-0.05, 0) is 6.92 Å². The minimum absolute atomic E-state index is 0.00513. The molecule has 0 saturated carbocycles. The number of ketones is 1. The Bertz CT molecular complexity index is 856. The Morgan fingerprint density at radius 2 is 1.86 bits per heavy atom. The Labute approximate surface area is 161 Å². The summed E-state index contributed by atoms with van der Waals surface area (Å²) in [4.78, 5) is 25.5. The van der Waals surface area contributed by atoms with E-state index in [0.717, 1.165) is 17.0 Å². The summed E-state index contributed by atoms with van der Waals surface area (Å²) in [5.41, 5.74) is -0.284. The van der Waals surface area contributed by atoms with Crippen molar-refractivity contribution >= 4 is 33.1 Å². The molecule has 8 nitrogen and oxygen atoms in total. The van der Waals surface area contributed by atoms with Crippen molar-refractivity contribution in [2.24, 2.45) is 0 Å². The first-order chi connectivity index (χ1) is 13.2. The molecule has 1 aromatic carbocycles. The summed E-state index contributed by atoms with van der Waals surface area (Å²) in [6.07, 6.45) is -1.28. The molecule has 0 radical (unpaired) electrons. The molecule has 1 N–H and O–H groups in total. The molecule has 3 rings (SSSR count). The lowest BCUT2D eigenvalue weighted by molar-refractivity contribution is -0.116. The number of carbonyl (C=O) groups is 2. The van der Waals surface area contributed by atoms with Gasteiger partial charge in [-0.1, -0.05) is 0 Å². The molecule has 28 heavy (non-hydrogen) atoms. The van der Waals surface area contributed by atoms with Gasteiger partial charge in [-0.3, -0.25) is 9.69 Å². The second kappa shape index (κ2) is 8.00. The van der Waals surface area contributed by atoms with Crippen molar-refractivity contribution in [3.63, 3.8) is 0 Å². The molecule has 0 bridgehead atoms. The molecule has 1 aromatic rings. The molecule has 2 saturated heterocycles. The summed E-state index contributed by atoms with van der Waals surface area (Å²) < 4.78 is 57.4. The van der Waals surface area contributed by atoms with Gasteiger partial charge in [-0.2, -0.15) is 0 Å². The average Bonchev–Trinajstić information content (AvgIpc) is 2.96. The Balaban J connectivity index is 1.72. The van der Waals surface area contributed by atoms with Crippen molar-refractivity contribution in [1.82, 2.24) is 5.32 Å². The van der Waals surface area contributed by atoms with Crippen molar-refractivity contribution in [2.75, 3.05) is 54.0 Å². The van der Waals surface area contributed by atoms with Crippen molar-refractivity contribution in [3.8, 4) is 0 Å². The van der Waals surface area contributed by atoms with Crippen molar-refractivity contribution in [3.05, 3.63) is 23.8 Å². The van der Waals surface area contributed by atoms with Crippen LogP contribution >= 0.6 is 0 Å². The molecule has 0 unspecified atom stereocenters. The maximum absolute atomic E-state index is 14.6. The fourth-order valence-electron chi connectivity index (χ4n) is 3.19. The number of sulfone groups is 1. The number of ether oxygens (including phenoxy) is 1. The van der Waals surface area contributed by atoms with E-state index in [2.05, 4.69) is 5.32 Å². The zero-order chi connectivity index (χ0) is 20.5. The van der Waals surface area contributed by atoms with E-state index >= 15 is 0 Å². The second-order valence-electron chi connectivity index (χ2n) is 6.85. The van der Waals surface area contributed by atoms with E-state index in [-0.39, 0.29) is 61.4 Å². The van der Waals surface area contributed by atoms with Crippen molar-refractivity contribution in [1.29, 1.82) is 0 Å². The highest BCUT2D eigenvalue weighted by atomic mass is 32.2. The fraction of sp³-hybridized carbons (Fsp3) is 0.529. The minimum Gasteiger partial charge on any atom is -0.443 e. The summed E-state index contributed by atoms with van der Waals surface area (Å²) >= 11 is 0. The van der Waals surface area contributed by atoms with Gasteiger partial charge in [0.15, 0.2) is 21.5 Å². The Kier molecular flexibility index (Phi) is 5.84. The highest BCUT2D eigenvalue weighted by Gasteiger charge is 2.34. The van der Waals surface area contributed by atoms with Crippen LogP contribution in [0, 0.1) is 11.6 Å². The van der Waals surface area contributed by atoms with Crippen LogP contribution in [0.1, 0.15) is 6.92 Å². The number of carbonyl (C=O) groups excluding carboxylic acids is 2. The van der Waals surface area contributed by atoms with Crippen LogP contribution in [0.3, 0.4) is 0 Å². The van der Waals surface area contributed by atoms with Crippen LogP contribution in [-0.2, 0) is 19.4 Å². The number of hydrogen-bond donors (Lipinski definition) is 1. The van der Waals surface area contributed by atoms with E-state index in [1.807, 2.05) is 0 Å². The van der Waals surface area contributed by atoms with Gasteiger partial charge in [0.25, 0.3) is 0 Å². The summed E-state index contributed by atoms with van der Waals surface area (Å²) in [5.74, 6) is -2.14. The molecule has 0 aromatic heterocycles. The highest BCUT2D eigenvalue weighted by molar-refractivity contribution is 7.91. The molecule has 0 aliphatic carbocycles. The molecule has 2 aliphatic rings. The Morgan fingerprint density at radius 3 is 2.43 bits per heavy atom. The summed E-state index contributed by atoms with van der Waals surface area (Å²) in [6.45, 7) is 1.90. The number of Topliss-reactive ketones (excluding diaryl/α,β-unsaturated/α-hetero) is 1. The Hall–Kier alpha value is -2.27. The first-order valence-corrected chi connectivity index (χ1v) is 10.6. The third-order valence-electron chi connectivity index (χ3n) is 4.59. The maximum Gasteiger partial charge on any atom is 0.414 e. The van der Waals surface area contributed by atoms with Crippen LogP contribution < -0.4 is 15.1 Å². The lowest BCUT2D eigenvalue weighted by atomic mass is 10.2. The number of rotatable bonds is 6. The van der Waals surface area contributed by atoms with E-state index in [4.69, 9.17) is 4.74 Å². The summed E-state index contributed by atoms with van der Waals surface area (Å²) in [5, 5.41) is 2.84. The molecule has 2 aliphatic heterocycles. The van der Waals surface area contributed by atoms with Gasteiger partial charge in [0.1, 0.15) is 17.6 Å². The predicted octanol–water partition coefficient (Wildman–Crippen LogP) is 0.703. The van der Waals surface area contributed by atoms with Crippen molar-refractivity contribution in [2.45, 2.75) is 13.0 Å². The zero-order valence-corrected chi connectivity index (χ0v) is 16.1.